The topological polar surface area (TPSA) is 58.6 Å². The Bertz CT molecular complexity index is 700. The summed E-state index contributed by atoms with van der Waals surface area (Å²) in [7, 11) is 0. The van der Waals surface area contributed by atoms with Crippen LogP contribution in [0.2, 0.25) is 0 Å². The number of ether oxygens (including phenoxy) is 1. The summed E-state index contributed by atoms with van der Waals surface area (Å²) in [6.07, 6.45) is 0. The molecule has 1 atom stereocenters. The van der Waals surface area contributed by atoms with E-state index in [4.69, 9.17) is 4.74 Å². The van der Waals surface area contributed by atoms with Crippen molar-refractivity contribution in [1.82, 2.24) is 5.32 Å². The van der Waals surface area contributed by atoms with Gasteiger partial charge in [-0.25, -0.2) is 4.79 Å². The number of amides is 3. The highest BCUT2D eigenvalue weighted by Gasteiger charge is 2.35. The summed E-state index contributed by atoms with van der Waals surface area (Å²) in [5, 5.41) is 2.30. The number of hydrogen-bond acceptors (Lipinski definition) is 3. The summed E-state index contributed by atoms with van der Waals surface area (Å²) in [5.74, 6) is 0.362. The van der Waals surface area contributed by atoms with Gasteiger partial charge in [-0.15, -0.1) is 0 Å². The molecule has 1 heterocycles. The van der Waals surface area contributed by atoms with Crippen LogP contribution in [0.15, 0.2) is 54.6 Å². The number of carbonyl (C=O) groups excluding carboxylic acids is 2. The molecule has 0 aromatic heterocycles. The molecule has 0 radical (unpaired) electrons. The molecule has 1 aliphatic rings. The third kappa shape index (κ3) is 2.79. The highest BCUT2D eigenvalue weighted by molar-refractivity contribution is 6.14. The summed E-state index contributed by atoms with van der Waals surface area (Å²) in [6, 6.07) is 16.1. The molecular weight excluding hydrogens is 280 g/mol. The summed E-state index contributed by atoms with van der Waals surface area (Å²) in [4.78, 5) is 24.8. The smallest absolute Gasteiger partial charge is 0.329 e. The van der Waals surface area contributed by atoms with Gasteiger partial charge in [0.25, 0.3) is 5.91 Å². The van der Waals surface area contributed by atoms with Crippen LogP contribution in [0.1, 0.15) is 12.5 Å². The first kappa shape index (κ1) is 14.1. The van der Waals surface area contributed by atoms with E-state index in [0.29, 0.717) is 18.0 Å². The molecular formula is C17H16N2O3. The Morgan fingerprint density at radius 1 is 1.09 bits per heavy atom. The Kier molecular flexibility index (Phi) is 3.78. The van der Waals surface area contributed by atoms with Crippen LogP contribution >= 0.6 is 0 Å². The Morgan fingerprint density at radius 2 is 1.86 bits per heavy atom. The number of nitrogens with one attached hydrogen (secondary N) is 1. The average molecular weight is 296 g/mol. The molecule has 0 saturated carbocycles. The highest BCUT2D eigenvalue weighted by Crippen LogP contribution is 2.25. The summed E-state index contributed by atoms with van der Waals surface area (Å²) < 4.78 is 5.75. The largest absolute Gasteiger partial charge is 0.489 e. The summed E-state index contributed by atoms with van der Waals surface area (Å²) in [6.45, 7) is 2.14. The third-order valence-electron chi connectivity index (χ3n) is 3.56. The van der Waals surface area contributed by atoms with Crippen molar-refractivity contribution in [2.24, 2.45) is 0 Å². The van der Waals surface area contributed by atoms with E-state index in [-0.39, 0.29) is 5.91 Å². The van der Waals surface area contributed by atoms with Crippen molar-refractivity contribution in [3.63, 3.8) is 0 Å². The maximum atomic E-state index is 11.8. The number of imide groups is 1. The molecule has 1 N–H and O–H groups in total. The van der Waals surface area contributed by atoms with E-state index in [1.54, 1.807) is 25.1 Å². The van der Waals surface area contributed by atoms with Crippen LogP contribution in [-0.4, -0.2) is 18.0 Å². The summed E-state index contributed by atoms with van der Waals surface area (Å²) in [5.41, 5.74) is 1.71. The molecule has 1 unspecified atom stereocenters. The first-order valence-corrected chi connectivity index (χ1v) is 7.06. The van der Waals surface area contributed by atoms with Crippen molar-refractivity contribution >= 4 is 17.6 Å². The lowest BCUT2D eigenvalue weighted by molar-refractivity contribution is -0.119. The third-order valence-corrected chi connectivity index (χ3v) is 3.56. The van der Waals surface area contributed by atoms with Crippen LogP contribution in [0.4, 0.5) is 10.5 Å². The van der Waals surface area contributed by atoms with Gasteiger partial charge in [0.2, 0.25) is 0 Å². The fourth-order valence-electron chi connectivity index (χ4n) is 2.37. The lowest BCUT2D eigenvalue weighted by Crippen LogP contribution is -2.32. The molecule has 3 rings (SSSR count). The van der Waals surface area contributed by atoms with E-state index < -0.39 is 12.1 Å². The Balaban J connectivity index is 1.75. The number of hydrogen-bond donors (Lipinski definition) is 1. The maximum Gasteiger partial charge on any atom is 0.329 e. The molecule has 22 heavy (non-hydrogen) atoms. The molecule has 1 saturated heterocycles. The average Bonchev–Trinajstić information content (AvgIpc) is 2.79. The van der Waals surface area contributed by atoms with Crippen LogP contribution in [0.25, 0.3) is 0 Å². The van der Waals surface area contributed by atoms with Gasteiger partial charge in [0.05, 0.1) is 5.69 Å². The van der Waals surface area contributed by atoms with E-state index in [9.17, 15) is 9.59 Å². The van der Waals surface area contributed by atoms with Crippen molar-refractivity contribution in [1.29, 1.82) is 0 Å². The molecule has 2 aromatic rings. The molecule has 112 valence electrons. The van der Waals surface area contributed by atoms with Gasteiger partial charge in [0.1, 0.15) is 18.4 Å². The van der Waals surface area contributed by atoms with Crippen molar-refractivity contribution in [3.05, 3.63) is 60.2 Å². The Labute approximate surface area is 128 Å². The van der Waals surface area contributed by atoms with Gasteiger partial charge in [-0.1, -0.05) is 36.4 Å². The second kappa shape index (κ2) is 5.89. The number of carbonyl (C=O) groups is 2. The fraction of sp³-hybridized carbons (Fsp3) is 0.176. The first-order valence-electron chi connectivity index (χ1n) is 7.06. The molecule has 0 bridgehead atoms. The minimum absolute atomic E-state index is 0.291. The molecule has 5 heteroatoms. The minimum atomic E-state index is -0.517. The SMILES string of the molecule is CC1C(=O)NC(=O)N1c1cccc(OCc2ccccc2)c1. The number of benzene rings is 2. The zero-order valence-corrected chi connectivity index (χ0v) is 12.2. The number of rotatable bonds is 4. The standard InChI is InChI=1S/C17H16N2O3/c1-12-16(20)18-17(21)19(12)14-8-5-9-15(10-14)22-11-13-6-3-2-4-7-13/h2-10,12H,11H2,1H3,(H,18,20,21). The van der Waals surface area contributed by atoms with Crippen LogP contribution in [0.5, 0.6) is 5.75 Å². The molecule has 0 spiro atoms. The van der Waals surface area contributed by atoms with Crippen LogP contribution < -0.4 is 15.0 Å². The normalized spacial score (nSPS) is 17.5. The second-order valence-corrected chi connectivity index (χ2v) is 5.11. The monoisotopic (exact) mass is 296 g/mol. The quantitative estimate of drug-likeness (QED) is 0.883. The van der Waals surface area contributed by atoms with Gasteiger partial charge < -0.3 is 4.74 Å². The predicted molar refractivity (Wildman–Crippen MR) is 82.7 cm³/mol. The Hall–Kier alpha value is -2.82. The van der Waals surface area contributed by atoms with Gasteiger partial charge in [0, 0.05) is 6.07 Å². The zero-order chi connectivity index (χ0) is 15.5. The van der Waals surface area contributed by atoms with E-state index >= 15 is 0 Å². The van der Waals surface area contributed by atoms with Gasteiger partial charge in [-0.2, -0.15) is 0 Å². The maximum absolute atomic E-state index is 11.8. The number of anilines is 1. The van der Waals surface area contributed by atoms with Crippen molar-refractivity contribution in [2.45, 2.75) is 19.6 Å². The molecule has 3 amide bonds. The number of urea groups is 1. The zero-order valence-electron chi connectivity index (χ0n) is 12.2. The lowest BCUT2D eigenvalue weighted by Gasteiger charge is -2.19. The summed E-state index contributed by atoms with van der Waals surface area (Å²) >= 11 is 0. The van der Waals surface area contributed by atoms with Gasteiger partial charge >= 0.3 is 6.03 Å². The van der Waals surface area contributed by atoms with Gasteiger partial charge in [-0.3, -0.25) is 15.0 Å². The molecule has 0 aliphatic carbocycles. The number of nitrogens with zero attached hydrogens (tertiary/aromatic N) is 1. The molecule has 2 aromatic carbocycles. The van der Waals surface area contributed by atoms with Crippen molar-refractivity contribution in [2.75, 3.05) is 4.90 Å². The van der Waals surface area contributed by atoms with Gasteiger partial charge in [0.15, 0.2) is 0 Å². The minimum Gasteiger partial charge on any atom is -0.489 e. The van der Waals surface area contributed by atoms with Crippen molar-refractivity contribution < 1.29 is 14.3 Å². The Morgan fingerprint density at radius 3 is 2.55 bits per heavy atom. The fourth-order valence-corrected chi connectivity index (χ4v) is 2.37. The second-order valence-electron chi connectivity index (χ2n) is 5.11. The molecule has 1 aliphatic heterocycles. The van der Waals surface area contributed by atoms with Crippen LogP contribution in [0, 0.1) is 0 Å². The van der Waals surface area contributed by atoms with E-state index in [0.717, 1.165) is 5.56 Å². The lowest BCUT2D eigenvalue weighted by atomic mass is 10.2. The molecule has 5 nitrogen and oxygen atoms in total. The highest BCUT2D eigenvalue weighted by atomic mass is 16.5. The van der Waals surface area contributed by atoms with Crippen LogP contribution in [-0.2, 0) is 11.4 Å². The molecule has 1 fully saturated rings. The van der Waals surface area contributed by atoms with E-state index in [2.05, 4.69) is 5.32 Å². The first-order chi connectivity index (χ1) is 10.6. The van der Waals surface area contributed by atoms with E-state index in [1.165, 1.54) is 4.90 Å². The van der Waals surface area contributed by atoms with Crippen LogP contribution in [0.3, 0.4) is 0 Å². The predicted octanol–water partition coefficient (Wildman–Crippen LogP) is 2.71. The van der Waals surface area contributed by atoms with Crippen molar-refractivity contribution in [3.8, 4) is 5.75 Å². The van der Waals surface area contributed by atoms with E-state index in [1.807, 2.05) is 36.4 Å². The van der Waals surface area contributed by atoms with Gasteiger partial charge in [-0.05, 0) is 24.6 Å².